The molecular weight excluding hydrogens is 456 g/mol. The number of anilines is 1. The molecule has 1 N–H and O–H groups in total. The Labute approximate surface area is 200 Å². The fourth-order valence-electron chi connectivity index (χ4n) is 4.44. The van der Waals surface area contributed by atoms with Crippen molar-refractivity contribution >= 4 is 27.3 Å². The summed E-state index contributed by atoms with van der Waals surface area (Å²) in [6, 6.07) is 10.9. The molecule has 0 bridgehead atoms. The van der Waals surface area contributed by atoms with Crippen LogP contribution in [0.5, 0.6) is 11.5 Å². The van der Waals surface area contributed by atoms with Crippen LogP contribution < -0.4 is 19.7 Å². The number of nitrogens with one attached hydrogen (secondary N) is 1. The summed E-state index contributed by atoms with van der Waals surface area (Å²) in [5.74, 6) is 1.37. The lowest BCUT2D eigenvalue weighted by Crippen LogP contribution is -2.41. The van der Waals surface area contributed by atoms with Gasteiger partial charge < -0.3 is 19.7 Å². The zero-order valence-electron chi connectivity index (χ0n) is 19.9. The Balaban J connectivity index is 1.86. The number of urea groups is 1. The zero-order chi connectivity index (χ0) is 24.5. The predicted molar refractivity (Wildman–Crippen MR) is 132 cm³/mol. The van der Waals surface area contributed by atoms with Crippen LogP contribution in [0.2, 0.25) is 0 Å². The molecule has 9 nitrogen and oxygen atoms in total. The van der Waals surface area contributed by atoms with Crippen LogP contribution in [0.3, 0.4) is 0 Å². The number of methoxy groups -OCH3 is 2. The van der Waals surface area contributed by atoms with Crippen LogP contribution >= 0.6 is 0 Å². The molecule has 34 heavy (non-hydrogen) atoms. The van der Waals surface area contributed by atoms with Gasteiger partial charge >= 0.3 is 6.03 Å². The van der Waals surface area contributed by atoms with E-state index in [0.717, 1.165) is 22.4 Å². The van der Waals surface area contributed by atoms with Gasteiger partial charge in [-0.2, -0.15) is 5.10 Å². The van der Waals surface area contributed by atoms with Crippen LogP contribution in [0.1, 0.15) is 30.0 Å². The smallest absolute Gasteiger partial charge is 0.337 e. The second kappa shape index (κ2) is 9.54. The predicted octanol–water partition coefficient (Wildman–Crippen LogP) is 2.62. The molecule has 2 heterocycles. The van der Waals surface area contributed by atoms with Crippen molar-refractivity contribution in [2.24, 2.45) is 5.10 Å². The van der Waals surface area contributed by atoms with Crippen molar-refractivity contribution in [3.63, 3.8) is 0 Å². The summed E-state index contributed by atoms with van der Waals surface area (Å²) in [6.07, 6.45) is 1.16. The van der Waals surface area contributed by atoms with E-state index >= 15 is 0 Å². The van der Waals surface area contributed by atoms with Crippen LogP contribution in [0.25, 0.3) is 0 Å². The number of sulfone groups is 1. The summed E-state index contributed by atoms with van der Waals surface area (Å²) < 4.78 is 35.5. The fourth-order valence-corrected chi connectivity index (χ4v) is 5.90. The first kappa shape index (κ1) is 23.9. The van der Waals surface area contributed by atoms with Gasteiger partial charge in [-0.3, -0.25) is 0 Å². The largest absolute Gasteiger partial charge is 0.493 e. The lowest BCUT2D eigenvalue weighted by atomic mass is 9.93. The quantitative estimate of drug-likeness (QED) is 0.713. The summed E-state index contributed by atoms with van der Waals surface area (Å²) in [5.41, 5.74) is 3.98. The van der Waals surface area contributed by atoms with E-state index in [-0.39, 0.29) is 23.7 Å². The Bertz CT molecular complexity index is 1230. The number of ether oxygens (including phenoxy) is 2. The SMILES string of the molecule is CNC(=O)N1N=C(c2cccc(N3CCCS(=O)(=O)C3)c2)c2cc(OC)c(OC)cc2CC1C. The third-order valence-corrected chi connectivity index (χ3v) is 7.76. The zero-order valence-corrected chi connectivity index (χ0v) is 20.7. The number of hydrogen-bond donors (Lipinski definition) is 1. The maximum absolute atomic E-state index is 12.7. The molecule has 0 radical (unpaired) electrons. The number of carbonyl (C=O) groups excluding carboxylic acids is 1. The van der Waals surface area contributed by atoms with E-state index in [4.69, 9.17) is 14.6 Å². The van der Waals surface area contributed by atoms with E-state index in [1.54, 1.807) is 21.3 Å². The minimum absolute atomic E-state index is 0.00800. The van der Waals surface area contributed by atoms with Crippen LogP contribution in [0.15, 0.2) is 41.5 Å². The monoisotopic (exact) mass is 486 g/mol. The molecule has 0 aromatic heterocycles. The number of carbonyl (C=O) groups is 1. The summed E-state index contributed by atoms with van der Waals surface area (Å²) in [5, 5.41) is 8.90. The highest BCUT2D eigenvalue weighted by Crippen LogP contribution is 2.35. The molecule has 2 amide bonds. The first-order valence-corrected chi connectivity index (χ1v) is 13.0. The molecule has 1 fully saturated rings. The van der Waals surface area contributed by atoms with Crippen LogP contribution in [0, 0.1) is 0 Å². The lowest BCUT2D eigenvalue weighted by Gasteiger charge is -2.29. The van der Waals surface area contributed by atoms with Crippen LogP contribution in [-0.2, 0) is 16.3 Å². The van der Waals surface area contributed by atoms with E-state index < -0.39 is 9.84 Å². The number of nitrogens with zero attached hydrogens (tertiary/aromatic N) is 3. The van der Waals surface area contributed by atoms with Crippen molar-refractivity contribution in [1.82, 2.24) is 10.3 Å². The van der Waals surface area contributed by atoms with E-state index in [0.29, 0.717) is 36.6 Å². The van der Waals surface area contributed by atoms with Crippen molar-refractivity contribution in [1.29, 1.82) is 0 Å². The third kappa shape index (κ3) is 4.68. The highest BCUT2D eigenvalue weighted by molar-refractivity contribution is 7.91. The van der Waals surface area contributed by atoms with Gasteiger partial charge in [0.2, 0.25) is 0 Å². The molecule has 10 heteroatoms. The van der Waals surface area contributed by atoms with Crippen molar-refractivity contribution in [3.05, 3.63) is 53.1 Å². The Kier molecular flexibility index (Phi) is 6.70. The summed E-state index contributed by atoms with van der Waals surface area (Å²) in [6.45, 7) is 2.61. The first-order valence-electron chi connectivity index (χ1n) is 11.2. The minimum Gasteiger partial charge on any atom is -0.493 e. The van der Waals surface area contributed by atoms with Gasteiger partial charge in [0, 0.05) is 30.4 Å². The standard InChI is InChI=1S/C24H30N4O5S/c1-16-11-18-13-21(32-3)22(33-4)14-20(18)23(26-28(16)24(29)25-2)17-7-5-8-19(12-17)27-9-6-10-34(30,31)15-27/h5,7-8,12-14,16H,6,9-11,15H2,1-4H3,(H,25,29). The van der Waals surface area contributed by atoms with Gasteiger partial charge in [0.05, 0.1) is 31.7 Å². The van der Waals surface area contributed by atoms with E-state index in [1.807, 2.05) is 48.2 Å². The second-order valence-corrected chi connectivity index (χ2v) is 10.7. The molecule has 1 saturated heterocycles. The molecule has 0 spiro atoms. The molecule has 2 aliphatic heterocycles. The number of amides is 2. The van der Waals surface area contributed by atoms with Gasteiger partial charge in [0.1, 0.15) is 5.88 Å². The molecule has 2 aromatic rings. The van der Waals surface area contributed by atoms with E-state index in [2.05, 4.69) is 5.32 Å². The molecule has 2 aromatic carbocycles. The number of fused-ring (bicyclic) bond motifs is 1. The topological polar surface area (TPSA) is 101 Å². The van der Waals surface area contributed by atoms with Crippen molar-refractivity contribution in [3.8, 4) is 11.5 Å². The Morgan fingerprint density at radius 2 is 1.88 bits per heavy atom. The van der Waals surface area contributed by atoms with Crippen LogP contribution in [-0.4, -0.2) is 70.7 Å². The molecular formula is C24H30N4O5S. The molecule has 1 unspecified atom stereocenters. The molecule has 1 atom stereocenters. The molecule has 0 saturated carbocycles. The van der Waals surface area contributed by atoms with E-state index in [9.17, 15) is 13.2 Å². The van der Waals surface area contributed by atoms with E-state index in [1.165, 1.54) is 5.01 Å². The normalized spacial score (nSPS) is 19.5. The Morgan fingerprint density at radius 3 is 2.56 bits per heavy atom. The van der Waals surface area contributed by atoms with Gasteiger partial charge in [0.25, 0.3) is 0 Å². The maximum Gasteiger partial charge on any atom is 0.337 e. The van der Waals surface area contributed by atoms with Gasteiger partial charge in [0.15, 0.2) is 21.3 Å². The summed E-state index contributed by atoms with van der Waals surface area (Å²) in [4.78, 5) is 14.5. The average molecular weight is 487 g/mol. The third-order valence-electron chi connectivity index (χ3n) is 6.15. The molecule has 4 rings (SSSR count). The average Bonchev–Trinajstić information content (AvgIpc) is 2.97. The molecule has 0 aliphatic carbocycles. The molecule has 182 valence electrons. The molecule has 2 aliphatic rings. The van der Waals surface area contributed by atoms with Gasteiger partial charge in [-0.1, -0.05) is 12.1 Å². The van der Waals surface area contributed by atoms with Crippen molar-refractivity contribution in [2.75, 3.05) is 44.3 Å². The number of hydrogen-bond acceptors (Lipinski definition) is 7. The van der Waals surface area contributed by atoms with Gasteiger partial charge in [-0.25, -0.2) is 18.2 Å². The van der Waals surface area contributed by atoms with Crippen molar-refractivity contribution < 1.29 is 22.7 Å². The highest BCUT2D eigenvalue weighted by Gasteiger charge is 2.29. The maximum atomic E-state index is 12.7. The van der Waals surface area contributed by atoms with Crippen molar-refractivity contribution in [2.45, 2.75) is 25.8 Å². The minimum atomic E-state index is -3.12. The first-order chi connectivity index (χ1) is 16.3. The summed E-state index contributed by atoms with van der Waals surface area (Å²) >= 11 is 0. The number of benzene rings is 2. The Hall–Kier alpha value is -3.27. The van der Waals surface area contributed by atoms with Crippen LogP contribution in [0.4, 0.5) is 10.5 Å². The Morgan fingerprint density at radius 1 is 1.15 bits per heavy atom. The highest BCUT2D eigenvalue weighted by atomic mass is 32.2. The number of hydrazone groups is 1. The lowest BCUT2D eigenvalue weighted by molar-refractivity contribution is 0.184. The fraction of sp³-hybridized carbons (Fsp3) is 0.417. The second-order valence-electron chi connectivity index (χ2n) is 8.51. The number of rotatable bonds is 4. The van der Waals surface area contributed by atoms with Gasteiger partial charge in [-0.15, -0.1) is 0 Å². The summed E-state index contributed by atoms with van der Waals surface area (Å²) in [7, 11) is 1.63. The van der Waals surface area contributed by atoms with Gasteiger partial charge in [-0.05, 0) is 49.6 Å².